The highest BCUT2D eigenvalue weighted by Crippen LogP contribution is 2.51. The summed E-state index contributed by atoms with van der Waals surface area (Å²) in [6.07, 6.45) is 3.10. The van der Waals surface area contributed by atoms with Gasteiger partial charge in [-0.15, -0.1) is 0 Å². The molecule has 7 nitrogen and oxygen atoms in total. The van der Waals surface area contributed by atoms with Crippen LogP contribution in [-0.4, -0.2) is 27.4 Å². The van der Waals surface area contributed by atoms with E-state index in [-0.39, 0.29) is 53.4 Å². The van der Waals surface area contributed by atoms with E-state index in [1.54, 1.807) is 17.6 Å². The predicted octanol–water partition coefficient (Wildman–Crippen LogP) is 2.11. The molecule has 166 valence electrons. The number of hydrogen-bond acceptors (Lipinski definition) is 6. The molecule has 0 radical (unpaired) electrons. The van der Waals surface area contributed by atoms with E-state index in [1.807, 2.05) is 6.92 Å². The monoisotopic (exact) mass is 437 g/mol. The number of fused-ring (bicyclic) bond motifs is 4. The van der Waals surface area contributed by atoms with Gasteiger partial charge in [-0.05, 0) is 55.4 Å². The Hall–Kier alpha value is -2.84. The lowest BCUT2D eigenvalue weighted by Gasteiger charge is -2.43. The van der Waals surface area contributed by atoms with Crippen LogP contribution >= 0.6 is 0 Å². The Bertz CT molecular complexity index is 1300. The van der Waals surface area contributed by atoms with Crippen molar-refractivity contribution >= 4 is 11.7 Å². The van der Waals surface area contributed by atoms with Crippen LogP contribution in [0.4, 0.5) is 4.39 Å². The van der Waals surface area contributed by atoms with Gasteiger partial charge in [0.15, 0.2) is 5.60 Å². The first-order valence-electron chi connectivity index (χ1n) is 11.1. The average molecular weight is 437 g/mol. The van der Waals surface area contributed by atoms with Crippen molar-refractivity contribution in [1.29, 1.82) is 0 Å². The molecule has 1 fully saturated rings. The number of nitrogens with zero attached hydrogens (tertiary/aromatic N) is 2. The summed E-state index contributed by atoms with van der Waals surface area (Å²) >= 11 is 0. The molecule has 3 N–H and O–H groups in total. The second kappa shape index (κ2) is 6.36. The van der Waals surface area contributed by atoms with E-state index in [0.29, 0.717) is 23.6 Å². The SMILES string of the molecule is CC[C@@]1(O)C(=O)OCc2c1cc1n(c2=O)CC2=C3C4C(=CC(F)=C(C)C4CC[C@@H]3N)N=C21. The minimum Gasteiger partial charge on any atom is -0.458 e. The van der Waals surface area contributed by atoms with Crippen molar-refractivity contribution in [2.75, 3.05) is 0 Å². The van der Waals surface area contributed by atoms with Gasteiger partial charge in [0.1, 0.15) is 12.4 Å². The lowest BCUT2D eigenvalue weighted by atomic mass is 9.64. The first kappa shape index (κ1) is 19.8. The van der Waals surface area contributed by atoms with E-state index in [4.69, 9.17) is 15.5 Å². The highest BCUT2D eigenvalue weighted by molar-refractivity contribution is 6.15. The number of carbonyl (C=O) groups excluding carboxylic acids is 1. The molecule has 32 heavy (non-hydrogen) atoms. The molecule has 0 spiro atoms. The predicted molar refractivity (Wildman–Crippen MR) is 114 cm³/mol. The van der Waals surface area contributed by atoms with Crippen LogP contribution in [0.2, 0.25) is 0 Å². The zero-order chi connectivity index (χ0) is 22.5. The third-order valence-corrected chi connectivity index (χ3v) is 7.93. The zero-order valence-corrected chi connectivity index (χ0v) is 17.9. The van der Waals surface area contributed by atoms with Crippen molar-refractivity contribution in [3.63, 3.8) is 0 Å². The number of dihydropyridines is 1. The zero-order valence-electron chi connectivity index (χ0n) is 17.9. The highest BCUT2D eigenvalue weighted by Gasteiger charge is 2.48. The number of esters is 1. The third kappa shape index (κ3) is 2.29. The molecule has 2 aliphatic carbocycles. The highest BCUT2D eigenvalue weighted by atomic mass is 19.1. The maximum absolute atomic E-state index is 14.7. The summed E-state index contributed by atoms with van der Waals surface area (Å²) in [6, 6.07) is 1.49. The lowest BCUT2D eigenvalue weighted by Crippen LogP contribution is -2.44. The molecule has 0 amide bonds. The number of pyridine rings is 1. The molecule has 6 rings (SSSR count). The quantitative estimate of drug-likeness (QED) is 0.655. The maximum Gasteiger partial charge on any atom is 0.343 e. The van der Waals surface area contributed by atoms with Gasteiger partial charge in [0.25, 0.3) is 5.56 Å². The Morgan fingerprint density at radius 1 is 1.38 bits per heavy atom. The van der Waals surface area contributed by atoms with Gasteiger partial charge < -0.3 is 20.1 Å². The van der Waals surface area contributed by atoms with Crippen LogP contribution in [0.15, 0.2) is 50.2 Å². The Labute approximate surface area is 183 Å². The number of allylic oxidation sites excluding steroid dienone is 5. The van der Waals surface area contributed by atoms with Crippen LogP contribution in [-0.2, 0) is 28.3 Å². The number of aliphatic hydroxyl groups is 1. The summed E-state index contributed by atoms with van der Waals surface area (Å²) in [5.41, 5.74) is 9.35. The minimum absolute atomic E-state index is 0.0208. The van der Waals surface area contributed by atoms with Crippen molar-refractivity contribution in [1.82, 2.24) is 4.57 Å². The minimum atomic E-state index is -1.88. The fraction of sp³-hybridized carbons (Fsp3) is 0.458. The fourth-order valence-corrected chi connectivity index (χ4v) is 6.11. The van der Waals surface area contributed by atoms with Gasteiger partial charge in [-0.25, -0.2) is 9.18 Å². The Morgan fingerprint density at radius 2 is 2.16 bits per heavy atom. The first-order valence-corrected chi connectivity index (χ1v) is 11.1. The van der Waals surface area contributed by atoms with E-state index in [9.17, 15) is 19.1 Å². The van der Waals surface area contributed by atoms with Crippen LogP contribution in [0.5, 0.6) is 0 Å². The summed E-state index contributed by atoms with van der Waals surface area (Å²) in [5.74, 6) is -1.07. The molecular formula is C24H24FN3O4. The Kier molecular flexibility index (Phi) is 3.94. The Balaban J connectivity index is 1.62. The second-order valence-electron chi connectivity index (χ2n) is 9.37. The fourth-order valence-electron chi connectivity index (χ4n) is 6.11. The Morgan fingerprint density at radius 3 is 2.91 bits per heavy atom. The van der Waals surface area contributed by atoms with Crippen LogP contribution in [0.1, 0.15) is 49.9 Å². The van der Waals surface area contributed by atoms with E-state index in [1.165, 1.54) is 6.08 Å². The molecule has 5 aliphatic rings. The summed E-state index contributed by atoms with van der Waals surface area (Å²) in [4.78, 5) is 30.6. The molecule has 1 saturated carbocycles. The molecule has 8 heteroatoms. The maximum atomic E-state index is 14.7. The van der Waals surface area contributed by atoms with E-state index < -0.39 is 11.6 Å². The van der Waals surface area contributed by atoms with E-state index >= 15 is 0 Å². The molecule has 1 aromatic heterocycles. The number of aromatic nitrogens is 1. The van der Waals surface area contributed by atoms with Crippen LogP contribution in [0.3, 0.4) is 0 Å². The smallest absolute Gasteiger partial charge is 0.343 e. The average Bonchev–Trinajstić information content (AvgIpc) is 3.14. The normalized spacial score (nSPS) is 32.5. The van der Waals surface area contributed by atoms with Crippen LogP contribution in [0, 0.1) is 11.8 Å². The summed E-state index contributed by atoms with van der Waals surface area (Å²) in [5, 5.41) is 11.0. The van der Waals surface area contributed by atoms with Crippen molar-refractivity contribution in [3.8, 4) is 0 Å². The topological polar surface area (TPSA) is 107 Å². The molecule has 0 saturated heterocycles. The van der Waals surface area contributed by atoms with Gasteiger partial charge in [-0.3, -0.25) is 9.79 Å². The number of nitrogens with two attached hydrogens (primary N) is 1. The molecular weight excluding hydrogens is 413 g/mol. The van der Waals surface area contributed by atoms with Gasteiger partial charge in [-0.2, -0.15) is 0 Å². The first-order chi connectivity index (χ1) is 15.3. The molecule has 3 aliphatic heterocycles. The number of rotatable bonds is 1. The van der Waals surface area contributed by atoms with Gasteiger partial charge in [-0.1, -0.05) is 6.92 Å². The van der Waals surface area contributed by atoms with Gasteiger partial charge in [0.2, 0.25) is 0 Å². The molecule has 1 aromatic rings. The van der Waals surface area contributed by atoms with Crippen molar-refractivity contribution < 1.29 is 19.0 Å². The van der Waals surface area contributed by atoms with Crippen LogP contribution in [0.25, 0.3) is 0 Å². The van der Waals surface area contributed by atoms with Crippen molar-refractivity contribution in [2.45, 2.75) is 57.9 Å². The number of carbonyl (C=O) groups is 1. The largest absolute Gasteiger partial charge is 0.458 e. The van der Waals surface area contributed by atoms with Crippen molar-refractivity contribution in [3.05, 3.63) is 67.6 Å². The standard InChI is InChI=1S/C24H24FN3O4/c1-3-24(31)14-6-18-21-12(8-28(18)22(29)13(14)9-32-23(24)30)19-16(26)5-4-11-10(2)15(25)7-17(27-21)20(11)19/h6-7,11,16,20,31H,3-5,8-9,26H2,1-2H3/t11?,16-,20?,24-/m0/s1. The number of aliphatic imine (C=N–C) groups is 1. The molecule has 0 bridgehead atoms. The third-order valence-electron chi connectivity index (χ3n) is 7.93. The number of halogens is 1. The second-order valence-corrected chi connectivity index (χ2v) is 9.37. The van der Waals surface area contributed by atoms with E-state index in [0.717, 1.165) is 29.6 Å². The van der Waals surface area contributed by atoms with Crippen LogP contribution < -0.4 is 11.3 Å². The van der Waals surface area contributed by atoms with Gasteiger partial charge in [0, 0.05) is 23.1 Å². The lowest BCUT2D eigenvalue weighted by molar-refractivity contribution is -0.172. The molecule has 4 heterocycles. The summed E-state index contributed by atoms with van der Waals surface area (Å²) in [6.45, 7) is 3.65. The number of ether oxygens (including phenoxy) is 1. The summed E-state index contributed by atoms with van der Waals surface area (Å²) < 4.78 is 21.4. The number of cyclic esters (lactones) is 1. The molecule has 4 atom stereocenters. The van der Waals surface area contributed by atoms with Crippen molar-refractivity contribution in [2.24, 2.45) is 22.6 Å². The summed E-state index contributed by atoms with van der Waals surface area (Å²) in [7, 11) is 0. The van der Waals surface area contributed by atoms with E-state index in [2.05, 4.69) is 0 Å². The molecule has 2 unspecified atom stereocenters. The van der Waals surface area contributed by atoms with Gasteiger partial charge >= 0.3 is 5.97 Å². The van der Waals surface area contributed by atoms with Gasteiger partial charge in [0.05, 0.1) is 29.2 Å². The number of hydrogen-bond donors (Lipinski definition) is 2. The molecule has 0 aromatic carbocycles.